The number of H-pyrrole nitrogens is 1. The number of rotatable bonds is 4. The van der Waals surface area contributed by atoms with Gasteiger partial charge in [-0.15, -0.1) is 0 Å². The first-order chi connectivity index (χ1) is 9.44. The molecule has 106 valence electrons. The zero-order chi connectivity index (χ0) is 14.8. The van der Waals surface area contributed by atoms with Gasteiger partial charge in [-0.2, -0.15) is 0 Å². The van der Waals surface area contributed by atoms with Crippen LogP contribution >= 0.6 is 0 Å². The van der Waals surface area contributed by atoms with Crippen LogP contribution in [0.25, 0.3) is 5.69 Å². The van der Waals surface area contributed by atoms with Gasteiger partial charge in [0.05, 0.1) is 11.2 Å². The topological polar surface area (TPSA) is 92.9 Å². The predicted molar refractivity (Wildman–Crippen MR) is 77.9 cm³/mol. The summed E-state index contributed by atoms with van der Waals surface area (Å²) in [5, 5.41) is 2.76. The Morgan fingerprint density at radius 2 is 2.05 bits per heavy atom. The predicted octanol–water partition coefficient (Wildman–Crippen LogP) is 1.23. The van der Waals surface area contributed by atoms with Crippen LogP contribution in [-0.2, 0) is 4.79 Å². The molecule has 0 aliphatic carbocycles. The summed E-state index contributed by atoms with van der Waals surface area (Å²) in [5.74, 6) is -0.230. The number of hydrogen-bond donors (Lipinski definition) is 3. The van der Waals surface area contributed by atoms with E-state index in [1.807, 2.05) is 6.92 Å². The molecule has 2 rings (SSSR count). The summed E-state index contributed by atoms with van der Waals surface area (Å²) in [7, 11) is 0. The Morgan fingerprint density at radius 1 is 1.40 bits per heavy atom. The number of benzene rings is 1. The minimum Gasteiger partial charge on any atom is -0.325 e. The van der Waals surface area contributed by atoms with Crippen LogP contribution in [0.5, 0.6) is 0 Å². The van der Waals surface area contributed by atoms with Gasteiger partial charge in [-0.1, -0.05) is 6.92 Å². The van der Waals surface area contributed by atoms with E-state index in [-0.39, 0.29) is 11.6 Å². The van der Waals surface area contributed by atoms with E-state index < -0.39 is 5.54 Å². The fourth-order valence-electron chi connectivity index (χ4n) is 1.66. The molecule has 2 aromatic rings. The molecule has 1 amide bonds. The highest BCUT2D eigenvalue weighted by atomic mass is 16.2. The first kappa shape index (κ1) is 14.1. The van der Waals surface area contributed by atoms with Crippen molar-refractivity contribution in [2.75, 3.05) is 5.32 Å². The van der Waals surface area contributed by atoms with Crippen molar-refractivity contribution >= 4 is 11.6 Å². The highest BCUT2D eigenvalue weighted by Gasteiger charge is 2.25. The smallest absolute Gasteiger partial charge is 0.325 e. The fraction of sp³-hybridized carbons (Fsp3) is 0.286. The molecule has 1 aromatic carbocycles. The molecule has 0 aliphatic heterocycles. The molecule has 0 bridgehead atoms. The van der Waals surface area contributed by atoms with Crippen LogP contribution in [0, 0.1) is 0 Å². The number of aromatic nitrogens is 2. The molecular weight excluding hydrogens is 256 g/mol. The lowest BCUT2D eigenvalue weighted by Crippen LogP contribution is -2.47. The van der Waals surface area contributed by atoms with Gasteiger partial charge in [0, 0.05) is 18.1 Å². The van der Waals surface area contributed by atoms with Crippen LogP contribution in [0.4, 0.5) is 5.69 Å². The number of anilines is 1. The van der Waals surface area contributed by atoms with Gasteiger partial charge in [0.15, 0.2) is 0 Å². The van der Waals surface area contributed by atoms with Gasteiger partial charge >= 0.3 is 5.69 Å². The molecule has 1 atom stereocenters. The maximum absolute atomic E-state index is 11.9. The second-order valence-electron chi connectivity index (χ2n) is 4.91. The second kappa shape index (κ2) is 5.34. The molecule has 0 aliphatic rings. The molecule has 0 saturated carbocycles. The largest absolute Gasteiger partial charge is 0.330 e. The van der Waals surface area contributed by atoms with Crippen LogP contribution < -0.4 is 16.7 Å². The van der Waals surface area contributed by atoms with Crippen molar-refractivity contribution in [1.82, 2.24) is 9.55 Å². The van der Waals surface area contributed by atoms with Crippen LogP contribution in [0.2, 0.25) is 0 Å². The number of nitrogens with two attached hydrogens (primary N) is 1. The average Bonchev–Trinajstić information content (AvgIpc) is 2.86. The maximum atomic E-state index is 11.9. The summed E-state index contributed by atoms with van der Waals surface area (Å²) in [6.45, 7) is 3.55. The Bertz CT molecular complexity index is 652. The van der Waals surface area contributed by atoms with Crippen molar-refractivity contribution in [1.29, 1.82) is 0 Å². The zero-order valence-corrected chi connectivity index (χ0v) is 11.5. The molecule has 6 nitrogen and oxygen atoms in total. The quantitative estimate of drug-likeness (QED) is 0.783. The van der Waals surface area contributed by atoms with E-state index in [4.69, 9.17) is 5.73 Å². The van der Waals surface area contributed by atoms with E-state index in [2.05, 4.69) is 10.3 Å². The van der Waals surface area contributed by atoms with Gasteiger partial charge in [-0.3, -0.25) is 9.36 Å². The van der Waals surface area contributed by atoms with Gasteiger partial charge in [-0.25, -0.2) is 4.79 Å². The van der Waals surface area contributed by atoms with E-state index in [1.165, 1.54) is 4.57 Å². The Balaban J connectivity index is 2.16. The van der Waals surface area contributed by atoms with Crippen molar-refractivity contribution in [3.05, 3.63) is 47.1 Å². The van der Waals surface area contributed by atoms with E-state index in [0.29, 0.717) is 12.1 Å². The van der Waals surface area contributed by atoms with Crippen LogP contribution in [0.15, 0.2) is 41.5 Å². The molecule has 1 aromatic heterocycles. The average molecular weight is 274 g/mol. The molecule has 0 spiro atoms. The van der Waals surface area contributed by atoms with Crippen LogP contribution in [0.3, 0.4) is 0 Å². The lowest BCUT2D eigenvalue weighted by atomic mass is 9.99. The van der Waals surface area contributed by atoms with Gasteiger partial charge < -0.3 is 16.0 Å². The number of amides is 1. The third-order valence-electron chi connectivity index (χ3n) is 3.31. The monoisotopic (exact) mass is 274 g/mol. The van der Waals surface area contributed by atoms with Crippen molar-refractivity contribution in [3.63, 3.8) is 0 Å². The van der Waals surface area contributed by atoms with Crippen molar-refractivity contribution in [3.8, 4) is 5.69 Å². The minimum absolute atomic E-state index is 0.206. The molecule has 4 N–H and O–H groups in total. The first-order valence-corrected chi connectivity index (χ1v) is 6.41. The van der Waals surface area contributed by atoms with E-state index in [9.17, 15) is 9.59 Å². The molecule has 0 saturated heterocycles. The maximum Gasteiger partial charge on any atom is 0.330 e. The fourth-order valence-corrected chi connectivity index (χ4v) is 1.66. The van der Waals surface area contributed by atoms with Gasteiger partial charge in [0.2, 0.25) is 5.91 Å². The van der Waals surface area contributed by atoms with Gasteiger partial charge in [-0.05, 0) is 37.6 Å². The van der Waals surface area contributed by atoms with Crippen molar-refractivity contribution < 1.29 is 4.79 Å². The molecule has 0 radical (unpaired) electrons. The minimum atomic E-state index is -0.893. The molecule has 0 fully saturated rings. The lowest BCUT2D eigenvalue weighted by molar-refractivity contribution is -0.120. The number of aromatic amines is 1. The SMILES string of the molecule is CCC(C)(N)C(=O)Nc1ccc(-n2cc[nH]c2=O)cc1. The number of nitrogens with one attached hydrogen (secondary N) is 2. The number of nitrogens with zero attached hydrogens (tertiary/aromatic N) is 1. The number of hydrogen-bond acceptors (Lipinski definition) is 3. The van der Waals surface area contributed by atoms with Gasteiger partial charge in [0.25, 0.3) is 0 Å². The standard InChI is InChI=1S/C14H18N4O2/c1-3-14(2,15)12(19)17-10-4-6-11(7-5-10)18-9-8-16-13(18)20/h4-9H,3,15H2,1-2H3,(H,16,20)(H,17,19). The molecule has 1 heterocycles. The summed E-state index contributed by atoms with van der Waals surface area (Å²) in [6.07, 6.45) is 3.76. The number of carbonyl (C=O) groups excluding carboxylic acids is 1. The van der Waals surface area contributed by atoms with Gasteiger partial charge in [0.1, 0.15) is 0 Å². The third kappa shape index (κ3) is 2.80. The van der Waals surface area contributed by atoms with Crippen molar-refractivity contribution in [2.45, 2.75) is 25.8 Å². The zero-order valence-electron chi connectivity index (χ0n) is 11.5. The molecule has 1 unspecified atom stereocenters. The third-order valence-corrected chi connectivity index (χ3v) is 3.31. The Kier molecular flexibility index (Phi) is 3.76. The Labute approximate surface area is 116 Å². The van der Waals surface area contributed by atoms with Crippen LogP contribution in [0.1, 0.15) is 20.3 Å². The number of carbonyl (C=O) groups is 1. The van der Waals surface area contributed by atoms with E-state index >= 15 is 0 Å². The summed E-state index contributed by atoms with van der Waals surface area (Å²) in [5.41, 5.74) is 6.14. The second-order valence-corrected chi connectivity index (χ2v) is 4.91. The Hall–Kier alpha value is -2.34. The molecular formula is C14H18N4O2. The summed E-state index contributed by atoms with van der Waals surface area (Å²) in [6, 6.07) is 6.98. The molecule has 20 heavy (non-hydrogen) atoms. The number of imidazole rings is 1. The normalized spacial score (nSPS) is 13.8. The first-order valence-electron chi connectivity index (χ1n) is 6.41. The summed E-state index contributed by atoms with van der Waals surface area (Å²) < 4.78 is 1.48. The van der Waals surface area contributed by atoms with E-state index in [0.717, 1.165) is 5.69 Å². The van der Waals surface area contributed by atoms with Crippen molar-refractivity contribution in [2.24, 2.45) is 5.73 Å². The molecule has 6 heteroatoms. The summed E-state index contributed by atoms with van der Waals surface area (Å²) >= 11 is 0. The highest BCUT2D eigenvalue weighted by molar-refractivity contribution is 5.97. The summed E-state index contributed by atoms with van der Waals surface area (Å²) in [4.78, 5) is 26.0. The van der Waals surface area contributed by atoms with Crippen LogP contribution in [-0.4, -0.2) is 21.0 Å². The van der Waals surface area contributed by atoms with E-state index in [1.54, 1.807) is 43.6 Å². The highest BCUT2D eigenvalue weighted by Crippen LogP contribution is 2.14. The Morgan fingerprint density at radius 3 is 2.55 bits per heavy atom. The lowest BCUT2D eigenvalue weighted by Gasteiger charge is -2.21.